The Hall–Kier alpha value is -3.29. The highest BCUT2D eigenvalue weighted by Gasteiger charge is 2.55. The van der Waals surface area contributed by atoms with Crippen molar-refractivity contribution in [1.29, 1.82) is 0 Å². The number of ether oxygens (including phenoxy) is 4. The smallest absolute Gasteiger partial charge is 0.327 e. The van der Waals surface area contributed by atoms with E-state index in [1.165, 1.54) is 20.3 Å². The van der Waals surface area contributed by atoms with Crippen LogP contribution in [0.4, 0.5) is 0 Å². The molecule has 0 saturated heterocycles. The lowest BCUT2D eigenvalue weighted by Gasteiger charge is -2.43. The minimum atomic E-state index is -1.66. The SMILES string of the molecule is C=CC1C2C(OC)=CC=CC2C(OC)=CN1C(=O)C1CC(C(=O)OC)(C(=O)OC)C=C1C. The fraction of sp³-hybridized carbons (Fsp3) is 0.458. The molecule has 172 valence electrons. The first-order valence-electron chi connectivity index (χ1n) is 10.3. The molecule has 32 heavy (non-hydrogen) atoms. The molecule has 2 aliphatic carbocycles. The van der Waals surface area contributed by atoms with Gasteiger partial charge in [-0.3, -0.25) is 14.4 Å². The van der Waals surface area contributed by atoms with Gasteiger partial charge in [0.1, 0.15) is 11.5 Å². The monoisotopic (exact) mass is 443 g/mol. The zero-order chi connectivity index (χ0) is 23.6. The van der Waals surface area contributed by atoms with Gasteiger partial charge in [0.15, 0.2) is 5.41 Å². The van der Waals surface area contributed by atoms with E-state index >= 15 is 0 Å². The van der Waals surface area contributed by atoms with Crippen molar-refractivity contribution >= 4 is 17.8 Å². The Morgan fingerprint density at radius 1 is 1.09 bits per heavy atom. The summed E-state index contributed by atoms with van der Waals surface area (Å²) in [6.45, 7) is 5.67. The number of carbonyl (C=O) groups excluding carboxylic acids is 3. The van der Waals surface area contributed by atoms with Gasteiger partial charge in [-0.15, -0.1) is 6.58 Å². The number of hydrogen-bond acceptors (Lipinski definition) is 7. The third-order valence-electron chi connectivity index (χ3n) is 6.49. The van der Waals surface area contributed by atoms with E-state index in [1.807, 2.05) is 18.2 Å². The summed E-state index contributed by atoms with van der Waals surface area (Å²) < 4.78 is 20.9. The molecular weight excluding hydrogens is 414 g/mol. The van der Waals surface area contributed by atoms with Gasteiger partial charge in [-0.25, -0.2) is 0 Å². The topological polar surface area (TPSA) is 91.4 Å². The van der Waals surface area contributed by atoms with Gasteiger partial charge in [0.25, 0.3) is 0 Å². The lowest BCUT2D eigenvalue weighted by atomic mass is 9.76. The number of nitrogens with zero attached hydrogens (tertiary/aromatic N) is 1. The minimum absolute atomic E-state index is 0.0749. The van der Waals surface area contributed by atoms with Crippen LogP contribution in [-0.2, 0) is 33.3 Å². The fourth-order valence-electron chi connectivity index (χ4n) is 4.90. The molecule has 0 bridgehead atoms. The van der Waals surface area contributed by atoms with Crippen molar-refractivity contribution in [2.75, 3.05) is 28.4 Å². The van der Waals surface area contributed by atoms with Crippen LogP contribution in [0.2, 0.25) is 0 Å². The molecule has 1 amide bonds. The van der Waals surface area contributed by atoms with E-state index in [1.54, 1.807) is 38.3 Å². The van der Waals surface area contributed by atoms with Crippen molar-refractivity contribution in [3.8, 4) is 0 Å². The Morgan fingerprint density at radius 2 is 1.72 bits per heavy atom. The summed E-state index contributed by atoms with van der Waals surface area (Å²) in [6, 6.07) is -0.415. The summed E-state index contributed by atoms with van der Waals surface area (Å²) in [5, 5.41) is 0. The molecule has 4 unspecified atom stereocenters. The lowest BCUT2D eigenvalue weighted by molar-refractivity contribution is -0.165. The molecule has 0 fully saturated rings. The van der Waals surface area contributed by atoms with E-state index in [2.05, 4.69) is 6.58 Å². The first-order valence-corrected chi connectivity index (χ1v) is 10.3. The van der Waals surface area contributed by atoms with Crippen LogP contribution in [0.25, 0.3) is 0 Å². The summed E-state index contributed by atoms with van der Waals surface area (Å²) in [4.78, 5) is 40.4. The largest absolute Gasteiger partial charge is 0.501 e. The van der Waals surface area contributed by atoms with Gasteiger partial charge in [-0.05, 0) is 19.4 Å². The van der Waals surface area contributed by atoms with Gasteiger partial charge >= 0.3 is 11.9 Å². The molecule has 1 heterocycles. The second-order valence-corrected chi connectivity index (χ2v) is 8.02. The molecule has 0 spiro atoms. The molecule has 0 N–H and O–H groups in total. The van der Waals surface area contributed by atoms with Crippen LogP contribution in [0.1, 0.15) is 13.3 Å². The van der Waals surface area contributed by atoms with Crippen LogP contribution in [-0.4, -0.2) is 57.2 Å². The van der Waals surface area contributed by atoms with Crippen LogP contribution < -0.4 is 0 Å². The first-order chi connectivity index (χ1) is 15.3. The Balaban J connectivity index is 2.01. The van der Waals surface area contributed by atoms with Crippen LogP contribution in [0.5, 0.6) is 0 Å². The Kier molecular flexibility index (Phi) is 6.62. The van der Waals surface area contributed by atoms with Crippen molar-refractivity contribution in [2.24, 2.45) is 23.2 Å². The molecule has 3 aliphatic rings. The van der Waals surface area contributed by atoms with Crippen molar-refractivity contribution in [2.45, 2.75) is 19.4 Å². The molecule has 3 rings (SSSR count). The lowest BCUT2D eigenvalue weighted by Crippen LogP contribution is -2.50. The average molecular weight is 443 g/mol. The molecule has 8 heteroatoms. The highest BCUT2D eigenvalue weighted by molar-refractivity contribution is 6.04. The first kappa shape index (κ1) is 23.4. The van der Waals surface area contributed by atoms with Gasteiger partial charge in [-0.2, -0.15) is 0 Å². The van der Waals surface area contributed by atoms with E-state index < -0.39 is 29.3 Å². The Bertz CT molecular complexity index is 926. The summed E-state index contributed by atoms with van der Waals surface area (Å²) in [5.74, 6) is -1.54. The van der Waals surface area contributed by atoms with Crippen molar-refractivity contribution in [3.63, 3.8) is 0 Å². The second-order valence-electron chi connectivity index (χ2n) is 8.02. The Labute approximate surface area is 187 Å². The average Bonchev–Trinajstić information content (AvgIpc) is 3.19. The van der Waals surface area contributed by atoms with E-state index in [0.29, 0.717) is 17.1 Å². The molecule has 4 atom stereocenters. The molecule has 0 saturated carbocycles. The van der Waals surface area contributed by atoms with Gasteiger partial charge in [-0.1, -0.05) is 29.9 Å². The summed E-state index contributed by atoms with van der Waals surface area (Å²) in [5.41, 5.74) is -1.07. The maximum Gasteiger partial charge on any atom is 0.327 e. The van der Waals surface area contributed by atoms with Gasteiger partial charge in [0.2, 0.25) is 5.91 Å². The van der Waals surface area contributed by atoms with Crippen molar-refractivity contribution < 1.29 is 33.3 Å². The normalized spacial score (nSPS) is 27.9. The fourth-order valence-corrected chi connectivity index (χ4v) is 4.90. The van der Waals surface area contributed by atoms with Gasteiger partial charge in [0, 0.05) is 12.1 Å². The molecule has 0 aromatic rings. The predicted octanol–water partition coefficient (Wildman–Crippen LogP) is 2.50. The quantitative estimate of drug-likeness (QED) is 0.354. The second kappa shape index (κ2) is 9.06. The van der Waals surface area contributed by atoms with Crippen LogP contribution in [0.3, 0.4) is 0 Å². The van der Waals surface area contributed by atoms with Crippen LogP contribution in [0, 0.1) is 23.2 Å². The molecule has 0 aromatic heterocycles. The maximum absolute atomic E-state index is 13.8. The molecule has 1 aliphatic heterocycles. The highest BCUT2D eigenvalue weighted by atomic mass is 16.5. The van der Waals surface area contributed by atoms with E-state index in [0.717, 1.165) is 0 Å². The number of methoxy groups -OCH3 is 4. The maximum atomic E-state index is 13.8. The molecule has 8 nitrogen and oxygen atoms in total. The number of esters is 2. The predicted molar refractivity (Wildman–Crippen MR) is 115 cm³/mol. The Morgan fingerprint density at radius 3 is 2.25 bits per heavy atom. The summed E-state index contributed by atoms with van der Waals surface area (Å²) in [6.07, 6.45) is 10.5. The summed E-state index contributed by atoms with van der Waals surface area (Å²) in [7, 11) is 5.54. The zero-order valence-electron chi connectivity index (χ0n) is 19.0. The highest BCUT2D eigenvalue weighted by Crippen LogP contribution is 2.46. The van der Waals surface area contributed by atoms with Gasteiger partial charge < -0.3 is 23.8 Å². The number of fused-ring (bicyclic) bond motifs is 1. The zero-order valence-corrected chi connectivity index (χ0v) is 19.0. The minimum Gasteiger partial charge on any atom is -0.501 e. The summed E-state index contributed by atoms with van der Waals surface area (Å²) >= 11 is 0. The molecule has 0 radical (unpaired) electrons. The van der Waals surface area contributed by atoms with Crippen LogP contribution in [0.15, 0.2) is 60.3 Å². The van der Waals surface area contributed by atoms with E-state index in [9.17, 15) is 14.4 Å². The number of hydrogen-bond donors (Lipinski definition) is 0. The third-order valence-corrected chi connectivity index (χ3v) is 6.49. The number of allylic oxidation sites excluding steroid dienone is 3. The molecule has 0 aromatic carbocycles. The van der Waals surface area contributed by atoms with E-state index in [-0.39, 0.29) is 24.2 Å². The van der Waals surface area contributed by atoms with Crippen molar-refractivity contribution in [1.82, 2.24) is 4.90 Å². The molecular formula is C24H29NO7. The van der Waals surface area contributed by atoms with Crippen LogP contribution >= 0.6 is 0 Å². The number of carbonyl (C=O) groups is 3. The third kappa shape index (κ3) is 3.53. The standard InChI is InChI=1S/C24H29NO7/c1-7-17-20-15(9-8-10-18(20)29-3)19(30-4)13-25(17)21(26)16-12-24(11-14(16)2,22(27)31-5)23(28)32-6/h7-11,13,15-17,20H,1,12H2,2-6H3. The number of amides is 1. The van der Waals surface area contributed by atoms with Gasteiger partial charge in [0.05, 0.1) is 46.3 Å². The van der Waals surface area contributed by atoms with Crippen molar-refractivity contribution in [3.05, 3.63) is 60.3 Å². The number of rotatable bonds is 6. The van der Waals surface area contributed by atoms with E-state index in [4.69, 9.17) is 18.9 Å².